The zero-order valence-corrected chi connectivity index (χ0v) is 10.5. The fourth-order valence-corrected chi connectivity index (χ4v) is 1.90. The number of hydrogen-bond donors (Lipinski definition) is 0. The first kappa shape index (κ1) is 11.6. The van der Waals surface area contributed by atoms with Crippen LogP contribution in [-0.4, -0.2) is 11.8 Å². The first-order valence-corrected chi connectivity index (χ1v) is 6.11. The Kier molecular flexibility index (Phi) is 3.06. The highest BCUT2D eigenvalue weighted by atomic mass is 16.5. The molecule has 4 heteroatoms. The summed E-state index contributed by atoms with van der Waals surface area (Å²) < 4.78 is 16.2. The predicted molar refractivity (Wildman–Crippen MR) is 70.8 cm³/mol. The lowest BCUT2D eigenvalue weighted by Crippen LogP contribution is -1.93. The predicted octanol–water partition coefficient (Wildman–Crippen LogP) is 4.00. The van der Waals surface area contributed by atoms with Gasteiger partial charge in [0.25, 0.3) is 0 Å². The molecule has 0 bridgehead atoms. The summed E-state index contributed by atoms with van der Waals surface area (Å²) in [5.41, 5.74) is 1.64. The number of ether oxygens (including phenoxy) is 1. The van der Waals surface area contributed by atoms with Crippen molar-refractivity contribution >= 4 is 0 Å². The summed E-state index contributed by atoms with van der Waals surface area (Å²) in [4.78, 5) is 0. The van der Waals surface area contributed by atoms with Crippen LogP contribution in [0, 0.1) is 0 Å². The van der Waals surface area contributed by atoms with Crippen molar-refractivity contribution in [2.24, 2.45) is 0 Å². The van der Waals surface area contributed by atoms with Crippen LogP contribution in [-0.2, 0) is 0 Å². The molecule has 3 rings (SSSR count). The normalized spacial score (nSPS) is 10.6. The smallest absolute Gasteiger partial charge is 0.202 e. The highest BCUT2D eigenvalue weighted by Crippen LogP contribution is 2.32. The Morgan fingerprint density at radius 2 is 2.00 bits per heavy atom. The minimum atomic E-state index is 0.603. The second-order valence-corrected chi connectivity index (χ2v) is 3.98. The fraction of sp³-hybridized carbons (Fsp3) is 0.133. The van der Waals surface area contributed by atoms with E-state index in [1.165, 1.54) is 0 Å². The maximum Gasteiger partial charge on any atom is 0.202 e. The van der Waals surface area contributed by atoms with Gasteiger partial charge < -0.3 is 13.7 Å². The van der Waals surface area contributed by atoms with E-state index in [4.69, 9.17) is 13.7 Å². The van der Waals surface area contributed by atoms with Crippen LogP contribution in [0.3, 0.4) is 0 Å². The van der Waals surface area contributed by atoms with Gasteiger partial charge in [-0.05, 0) is 31.2 Å². The summed E-state index contributed by atoms with van der Waals surface area (Å²) in [6.45, 7) is 2.56. The third-order valence-electron chi connectivity index (χ3n) is 2.74. The molecule has 4 nitrogen and oxygen atoms in total. The molecule has 0 N–H and O–H groups in total. The number of para-hydroxylation sites is 1. The lowest BCUT2D eigenvalue weighted by Gasteiger charge is -2.06. The lowest BCUT2D eigenvalue weighted by atomic mass is 10.1. The Labute approximate surface area is 110 Å². The van der Waals surface area contributed by atoms with Crippen LogP contribution in [0.1, 0.15) is 6.92 Å². The average molecular weight is 255 g/mol. The topological polar surface area (TPSA) is 48.4 Å². The first-order valence-electron chi connectivity index (χ1n) is 6.11. The van der Waals surface area contributed by atoms with Gasteiger partial charge in [-0.3, -0.25) is 0 Å². The van der Waals surface area contributed by atoms with E-state index >= 15 is 0 Å². The second kappa shape index (κ2) is 5.02. The molecule has 0 amide bonds. The third kappa shape index (κ3) is 2.25. The van der Waals surface area contributed by atoms with Crippen molar-refractivity contribution in [3.63, 3.8) is 0 Å². The van der Waals surface area contributed by atoms with Gasteiger partial charge in [-0.1, -0.05) is 17.3 Å². The van der Waals surface area contributed by atoms with E-state index in [1.807, 2.05) is 49.4 Å². The van der Waals surface area contributed by atoms with Crippen LogP contribution < -0.4 is 4.74 Å². The van der Waals surface area contributed by atoms with Gasteiger partial charge in [0.05, 0.1) is 12.9 Å². The molecule has 0 spiro atoms. The molecule has 0 aliphatic heterocycles. The SMILES string of the molecule is CCOc1ccccc1-c1cc(-c2ccco2)on1. The molecule has 0 atom stereocenters. The van der Waals surface area contributed by atoms with Gasteiger partial charge in [0.1, 0.15) is 11.4 Å². The quantitative estimate of drug-likeness (QED) is 0.707. The maximum atomic E-state index is 5.59. The van der Waals surface area contributed by atoms with Crippen molar-refractivity contribution < 1.29 is 13.7 Å². The van der Waals surface area contributed by atoms with Crippen molar-refractivity contribution in [2.75, 3.05) is 6.61 Å². The Morgan fingerprint density at radius 3 is 2.79 bits per heavy atom. The van der Waals surface area contributed by atoms with Gasteiger partial charge in [-0.25, -0.2) is 0 Å². The lowest BCUT2D eigenvalue weighted by molar-refractivity contribution is 0.341. The molecule has 3 aromatic rings. The largest absolute Gasteiger partial charge is 0.493 e. The van der Waals surface area contributed by atoms with Crippen LogP contribution in [0.5, 0.6) is 5.75 Å². The van der Waals surface area contributed by atoms with Crippen LogP contribution >= 0.6 is 0 Å². The molecule has 0 aliphatic carbocycles. The minimum absolute atomic E-state index is 0.603. The number of nitrogens with zero attached hydrogens (tertiary/aromatic N) is 1. The van der Waals surface area contributed by atoms with Gasteiger partial charge in [-0.15, -0.1) is 0 Å². The van der Waals surface area contributed by atoms with Crippen molar-refractivity contribution in [1.82, 2.24) is 5.16 Å². The Balaban J connectivity index is 1.99. The average Bonchev–Trinajstić information content (AvgIpc) is 3.11. The van der Waals surface area contributed by atoms with Gasteiger partial charge in [-0.2, -0.15) is 0 Å². The number of hydrogen-bond acceptors (Lipinski definition) is 4. The van der Waals surface area contributed by atoms with Gasteiger partial charge in [0.2, 0.25) is 5.76 Å². The van der Waals surface area contributed by atoms with Crippen molar-refractivity contribution in [2.45, 2.75) is 6.92 Å². The zero-order chi connectivity index (χ0) is 13.1. The molecule has 0 aliphatic rings. The molecule has 19 heavy (non-hydrogen) atoms. The highest BCUT2D eigenvalue weighted by molar-refractivity contribution is 5.69. The van der Waals surface area contributed by atoms with Crippen LogP contribution in [0.15, 0.2) is 57.7 Å². The standard InChI is InChI=1S/C15H13NO3/c1-2-17-13-7-4-3-6-11(13)12-10-15(19-16-12)14-8-5-9-18-14/h3-10H,2H2,1H3. The molecule has 0 fully saturated rings. The summed E-state index contributed by atoms with van der Waals surface area (Å²) in [7, 11) is 0. The molecule has 2 heterocycles. The third-order valence-corrected chi connectivity index (χ3v) is 2.74. The van der Waals surface area contributed by atoms with E-state index in [-0.39, 0.29) is 0 Å². The van der Waals surface area contributed by atoms with E-state index < -0.39 is 0 Å². The van der Waals surface area contributed by atoms with Crippen LogP contribution in [0.2, 0.25) is 0 Å². The maximum absolute atomic E-state index is 5.59. The number of aromatic nitrogens is 1. The number of rotatable bonds is 4. The molecule has 2 aromatic heterocycles. The van der Waals surface area contributed by atoms with E-state index in [9.17, 15) is 0 Å². The van der Waals surface area contributed by atoms with Crippen molar-refractivity contribution in [1.29, 1.82) is 0 Å². The van der Waals surface area contributed by atoms with Crippen LogP contribution in [0.25, 0.3) is 22.8 Å². The van der Waals surface area contributed by atoms with Crippen molar-refractivity contribution in [3.8, 4) is 28.5 Å². The summed E-state index contributed by atoms with van der Waals surface area (Å²) in [5.74, 6) is 2.06. The monoisotopic (exact) mass is 255 g/mol. The zero-order valence-electron chi connectivity index (χ0n) is 10.5. The molecule has 0 saturated carbocycles. The first-order chi connectivity index (χ1) is 9.38. The van der Waals surface area contributed by atoms with E-state index in [0.29, 0.717) is 18.1 Å². The van der Waals surface area contributed by atoms with Gasteiger partial charge in [0, 0.05) is 11.6 Å². The molecule has 96 valence electrons. The minimum Gasteiger partial charge on any atom is -0.493 e. The molecular weight excluding hydrogens is 242 g/mol. The molecule has 0 saturated heterocycles. The molecule has 0 unspecified atom stereocenters. The molecule has 0 radical (unpaired) electrons. The summed E-state index contributed by atoms with van der Waals surface area (Å²) in [6.07, 6.45) is 1.60. The van der Waals surface area contributed by atoms with E-state index in [0.717, 1.165) is 17.0 Å². The molecule has 1 aromatic carbocycles. The Bertz CT molecular complexity index is 656. The second-order valence-electron chi connectivity index (χ2n) is 3.98. The van der Waals surface area contributed by atoms with Gasteiger partial charge >= 0.3 is 0 Å². The van der Waals surface area contributed by atoms with Crippen molar-refractivity contribution in [3.05, 3.63) is 48.7 Å². The highest BCUT2D eigenvalue weighted by Gasteiger charge is 2.13. The number of furan rings is 1. The molecular formula is C15H13NO3. The van der Waals surface area contributed by atoms with E-state index in [1.54, 1.807) is 6.26 Å². The van der Waals surface area contributed by atoms with Gasteiger partial charge in [0.15, 0.2) is 5.76 Å². The Hall–Kier alpha value is -2.49. The van der Waals surface area contributed by atoms with Crippen LogP contribution in [0.4, 0.5) is 0 Å². The summed E-state index contributed by atoms with van der Waals surface area (Å²) >= 11 is 0. The number of benzene rings is 1. The van der Waals surface area contributed by atoms with E-state index in [2.05, 4.69) is 5.16 Å². The fourth-order valence-electron chi connectivity index (χ4n) is 1.90. The summed E-state index contributed by atoms with van der Waals surface area (Å²) in [5, 5.41) is 4.07. The summed E-state index contributed by atoms with van der Waals surface area (Å²) in [6, 6.07) is 13.2. The Morgan fingerprint density at radius 1 is 1.11 bits per heavy atom.